The van der Waals surface area contributed by atoms with Crippen LogP contribution in [-0.4, -0.2) is 14.1 Å². The topological polar surface area (TPSA) is 6.48 Å². The normalized spacial score (nSPS) is 9.90. The molecular weight excluding hydrogens is 352 g/mol. The summed E-state index contributed by atoms with van der Waals surface area (Å²) in [5, 5.41) is 0. The molecule has 0 saturated carbocycles. The Kier molecular flexibility index (Phi) is 7.07. The van der Waals surface area contributed by atoms with Crippen molar-refractivity contribution >= 4 is 22.7 Å². The molecular formula is C27H28N2. The highest BCUT2D eigenvalue weighted by Crippen LogP contribution is 2.33. The minimum atomic E-state index is 1.17. The van der Waals surface area contributed by atoms with Gasteiger partial charge in [0.25, 0.3) is 0 Å². The van der Waals surface area contributed by atoms with E-state index in [1.807, 2.05) is 18.2 Å². The summed E-state index contributed by atoms with van der Waals surface area (Å²) in [5.41, 5.74) is 6.12. The van der Waals surface area contributed by atoms with Gasteiger partial charge in [0, 0.05) is 36.8 Å². The largest absolute Gasteiger partial charge is 0.377 e. The molecule has 0 spiro atoms. The minimum Gasteiger partial charge on any atom is -0.377 e. The second kappa shape index (κ2) is 10.1. The molecule has 0 bridgehead atoms. The zero-order valence-corrected chi connectivity index (χ0v) is 17.4. The lowest BCUT2D eigenvalue weighted by Crippen LogP contribution is -2.09. The van der Waals surface area contributed by atoms with Crippen molar-refractivity contribution in [3.63, 3.8) is 0 Å². The van der Waals surface area contributed by atoms with Gasteiger partial charge in [-0.3, -0.25) is 0 Å². The molecule has 0 aromatic heterocycles. The van der Waals surface area contributed by atoms with Gasteiger partial charge in [0.15, 0.2) is 0 Å². The van der Waals surface area contributed by atoms with Crippen LogP contribution in [-0.2, 0) is 0 Å². The number of rotatable bonds is 4. The number of nitrogens with zero attached hydrogens (tertiary/aromatic N) is 2. The van der Waals surface area contributed by atoms with E-state index in [-0.39, 0.29) is 0 Å². The van der Waals surface area contributed by atoms with Gasteiger partial charge in [-0.25, -0.2) is 0 Å². The van der Waals surface area contributed by atoms with E-state index in [9.17, 15) is 0 Å². The van der Waals surface area contributed by atoms with E-state index in [4.69, 9.17) is 0 Å². The van der Waals surface area contributed by atoms with E-state index in [1.54, 1.807) is 0 Å². The fourth-order valence-electron chi connectivity index (χ4n) is 3.24. The Bertz CT molecular complexity index is 887. The van der Waals surface area contributed by atoms with E-state index >= 15 is 0 Å². The molecule has 0 unspecified atom stereocenters. The Balaban J connectivity index is 0.000000204. The third kappa shape index (κ3) is 5.49. The molecule has 0 atom stereocenters. The highest BCUT2D eigenvalue weighted by molar-refractivity contribution is 5.76. The van der Waals surface area contributed by atoms with Crippen LogP contribution in [0.25, 0.3) is 0 Å². The van der Waals surface area contributed by atoms with Crippen molar-refractivity contribution in [2.75, 3.05) is 23.9 Å². The van der Waals surface area contributed by atoms with Crippen LogP contribution in [0.2, 0.25) is 0 Å². The van der Waals surface area contributed by atoms with Crippen molar-refractivity contribution in [2.45, 2.75) is 6.92 Å². The summed E-state index contributed by atoms with van der Waals surface area (Å²) in [6.45, 7) is 2.12. The highest BCUT2D eigenvalue weighted by atomic mass is 15.1. The van der Waals surface area contributed by atoms with Crippen molar-refractivity contribution in [3.8, 4) is 0 Å². The van der Waals surface area contributed by atoms with Gasteiger partial charge >= 0.3 is 0 Å². The predicted molar refractivity (Wildman–Crippen MR) is 127 cm³/mol. The second-order valence-electron chi connectivity index (χ2n) is 7.02. The number of aryl methyl sites for hydroxylation is 1. The van der Waals surface area contributed by atoms with Crippen LogP contribution in [0, 0.1) is 6.92 Å². The summed E-state index contributed by atoms with van der Waals surface area (Å²) in [5.74, 6) is 0. The Morgan fingerprint density at radius 3 is 1.10 bits per heavy atom. The zero-order chi connectivity index (χ0) is 20.5. The first-order valence-corrected chi connectivity index (χ1v) is 9.85. The molecule has 146 valence electrons. The smallest absolute Gasteiger partial charge is 0.0461 e. The summed E-state index contributed by atoms with van der Waals surface area (Å²) < 4.78 is 0. The van der Waals surface area contributed by atoms with E-state index in [0.717, 1.165) is 0 Å². The van der Waals surface area contributed by atoms with Gasteiger partial charge in [-0.15, -0.1) is 0 Å². The lowest BCUT2D eigenvalue weighted by Gasteiger charge is -2.25. The van der Waals surface area contributed by atoms with Crippen LogP contribution in [0.5, 0.6) is 0 Å². The fraction of sp³-hybridized carbons (Fsp3) is 0.111. The number of para-hydroxylation sites is 4. The molecule has 4 aromatic rings. The van der Waals surface area contributed by atoms with E-state index in [0.29, 0.717) is 0 Å². The molecule has 0 radical (unpaired) electrons. The Hall–Kier alpha value is -3.52. The van der Waals surface area contributed by atoms with Crippen LogP contribution in [0.4, 0.5) is 22.7 Å². The average Bonchev–Trinajstić information content (AvgIpc) is 2.77. The summed E-state index contributed by atoms with van der Waals surface area (Å²) in [7, 11) is 4.12. The minimum absolute atomic E-state index is 1.17. The molecule has 0 aliphatic carbocycles. The Labute approximate surface area is 174 Å². The van der Waals surface area contributed by atoms with Crippen molar-refractivity contribution in [1.82, 2.24) is 0 Å². The fourth-order valence-corrected chi connectivity index (χ4v) is 3.24. The third-order valence-corrected chi connectivity index (χ3v) is 4.64. The number of hydrogen-bond donors (Lipinski definition) is 0. The van der Waals surface area contributed by atoms with Crippen molar-refractivity contribution in [2.24, 2.45) is 0 Å². The molecule has 0 fully saturated rings. The molecule has 29 heavy (non-hydrogen) atoms. The average molecular weight is 381 g/mol. The van der Waals surface area contributed by atoms with Crippen LogP contribution in [0.15, 0.2) is 115 Å². The summed E-state index contributed by atoms with van der Waals surface area (Å²) in [4.78, 5) is 4.37. The summed E-state index contributed by atoms with van der Waals surface area (Å²) in [6.07, 6.45) is 0. The number of hydrogen-bond acceptors (Lipinski definition) is 2. The van der Waals surface area contributed by atoms with E-state index in [1.165, 1.54) is 28.3 Å². The molecule has 4 rings (SSSR count). The van der Waals surface area contributed by atoms with Crippen molar-refractivity contribution in [1.29, 1.82) is 0 Å². The number of anilines is 4. The molecule has 0 heterocycles. The SMILES string of the molecule is Cc1ccccc1N(C)C.c1ccc(N(c2ccccc2)c2ccccc2)cc1. The molecule has 0 aliphatic heterocycles. The molecule has 2 heteroatoms. The summed E-state index contributed by atoms with van der Waals surface area (Å²) in [6, 6.07) is 39.6. The van der Waals surface area contributed by atoms with Crippen LogP contribution < -0.4 is 9.80 Å². The van der Waals surface area contributed by atoms with E-state index in [2.05, 4.69) is 128 Å². The number of benzene rings is 4. The molecule has 0 amide bonds. The first-order valence-electron chi connectivity index (χ1n) is 9.85. The maximum Gasteiger partial charge on any atom is 0.0461 e. The molecule has 2 nitrogen and oxygen atoms in total. The quantitative estimate of drug-likeness (QED) is 0.369. The lowest BCUT2D eigenvalue weighted by atomic mass is 10.2. The van der Waals surface area contributed by atoms with Gasteiger partial charge < -0.3 is 9.80 Å². The molecule has 0 saturated heterocycles. The van der Waals surface area contributed by atoms with Crippen molar-refractivity contribution in [3.05, 3.63) is 121 Å². The monoisotopic (exact) mass is 380 g/mol. The first-order chi connectivity index (χ1) is 14.2. The van der Waals surface area contributed by atoms with Crippen LogP contribution in [0.3, 0.4) is 0 Å². The van der Waals surface area contributed by atoms with Gasteiger partial charge in [0.05, 0.1) is 0 Å². The Morgan fingerprint density at radius 2 is 0.793 bits per heavy atom. The molecule has 0 N–H and O–H groups in total. The maximum absolute atomic E-state index is 2.25. The van der Waals surface area contributed by atoms with Gasteiger partial charge in [-0.1, -0.05) is 72.8 Å². The summed E-state index contributed by atoms with van der Waals surface area (Å²) >= 11 is 0. The van der Waals surface area contributed by atoms with Crippen LogP contribution in [0.1, 0.15) is 5.56 Å². The van der Waals surface area contributed by atoms with Crippen LogP contribution >= 0.6 is 0 Å². The van der Waals surface area contributed by atoms with Gasteiger partial charge in [-0.05, 0) is 55.0 Å². The standard InChI is InChI=1S/C18H15N.C9H13N/c1-4-10-16(11-5-1)19(17-12-6-2-7-13-17)18-14-8-3-9-15-18;1-8-6-4-5-7-9(8)10(2)3/h1-15H;4-7H,1-3H3. The third-order valence-electron chi connectivity index (χ3n) is 4.64. The highest BCUT2D eigenvalue weighted by Gasteiger charge is 2.10. The zero-order valence-electron chi connectivity index (χ0n) is 17.4. The van der Waals surface area contributed by atoms with Crippen molar-refractivity contribution < 1.29 is 0 Å². The molecule has 0 aliphatic rings. The lowest BCUT2D eigenvalue weighted by molar-refractivity contribution is 1.11. The van der Waals surface area contributed by atoms with Gasteiger partial charge in [0.2, 0.25) is 0 Å². The second-order valence-corrected chi connectivity index (χ2v) is 7.02. The maximum atomic E-state index is 2.25. The van der Waals surface area contributed by atoms with Gasteiger partial charge in [0.1, 0.15) is 0 Å². The van der Waals surface area contributed by atoms with E-state index < -0.39 is 0 Å². The molecule has 4 aromatic carbocycles. The van der Waals surface area contributed by atoms with Gasteiger partial charge in [-0.2, -0.15) is 0 Å². The predicted octanol–water partition coefficient (Wildman–Crippen LogP) is 7.22. The first kappa shape index (κ1) is 20.2. The Morgan fingerprint density at radius 1 is 0.448 bits per heavy atom.